The highest BCUT2D eigenvalue weighted by Crippen LogP contribution is 2.09. The first kappa shape index (κ1) is 15.3. The van der Waals surface area contributed by atoms with Gasteiger partial charge in [0.2, 0.25) is 5.91 Å². The molecule has 1 aliphatic rings. The molecule has 1 amide bonds. The molecule has 0 bridgehead atoms. The van der Waals surface area contributed by atoms with Crippen LogP contribution >= 0.6 is 0 Å². The Morgan fingerprint density at radius 2 is 1.53 bits per heavy atom. The van der Waals surface area contributed by atoms with Crippen molar-refractivity contribution in [2.45, 2.75) is 18.9 Å². The molecule has 17 heavy (non-hydrogen) atoms. The molecule has 0 saturated carbocycles. The molecule has 5 N–H and O–H groups in total. The predicted octanol–water partition coefficient (Wildman–Crippen LogP) is -1.92. The quantitative estimate of drug-likeness (QED) is 0.396. The fourth-order valence-electron chi connectivity index (χ4n) is 1.24. The third kappa shape index (κ3) is 6.48. The number of nitrogens with two attached hydrogens (primary N) is 1. The van der Waals surface area contributed by atoms with Crippen molar-refractivity contribution in [1.82, 2.24) is 4.90 Å². The van der Waals surface area contributed by atoms with Gasteiger partial charge >= 0.3 is 11.9 Å². The second-order valence-corrected chi connectivity index (χ2v) is 3.43. The second-order valence-electron chi connectivity index (χ2n) is 3.43. The first-order valence-electron chi connectivity index (χ1n) is 5.00. The number of hydrogen-bond acceptors (Lipinski definition) is 5. The van der Waals surface area contributed by atoms with Crippen LogP contribution in [0, 0.1) is 0 Å². The fourth-order valence-corrected chi connectivity index (χ4v) is 1.24. The SMILES string of the molecule is NCC(=O)N1CCC(O)CC1.O=C(O)C(=O)O. The molecule has 1 aliphatic heterocycles. The summed E-state index contributed by atoms with van der Waals surface area (Å²) in [5.74, 6) is -3.66. The maximum Gasteiger partial charge on any atom is 0.414 e. The summed E-state index contributed by atoms with van der Waals surface area (Å²) in [6.07, 6.45) is 1.15. The van der Waals surface area contributed by atoms with Gasteiger partial charge in [-0.25, -0.2) is 9.59 Å². The summed E-state index contributed by atoms with van der Waals surface area (Å²) in [7, 11) is 0. The molecule has 0 aromatic carbocycles. The van der Waals surface area contributed by atoms with E-state index in [4.69, 9.17) is 30.6 Å². The predicted molar refractivity (Wildman–Crippen MR) is 56.1 cm³/mol. The van der Waals surface area contributed by atoms with Crippen LogP contribution in [0.4, 0.5) is 0 Å². The molecule has 0 atom stereocenters. The van der Waals surface area contributed by atoms with Gasteiger partial charge in [0, 0.05) is 13.1 Å². The Kier molecular flexibility index (Phi) is 6.83. The first-order chi connectivity index (χ1) is 7.88. The molecular weight excluding hydrogens is 232 g/mol. The number of piperidine rings is 1. The smallest absolute Gasteiger partial charge is 0.414 e. The normalized spacial score (nSPS) is 15.8. The Morgan fingerprint density at radius 1 is 1.12 bits per heavy atom. The summed E-state index contributed by atoms with van der Waals surface area (Å²) in [5, 5.41) is 23.9. The second kappa shape index (κ2) is 7.58. The minimum Gasteiger partial charge on any atom is -0.473 e. The number of carboxylic acids is 2. The minimum atomic E-state index is -1.82. The van der Waals surface area contributed by atoms with Crippen LogP contribution in [-0.2, 0) is 14.4 Å². The van der Waals surface area contributed by atoms with Gasteiger partial charge in [-0.3, -0.25) is 4.79 Å². The number of carbonyl (C=O) groups is 3. The maximum atomic E-state index is 11.0. The molecular formula is C9H16N2O6. The zero-order valence-corrected chi connectivity index (χ0v) is 9.20. The Hall–Kier alpha value is -1.67. The van der Waals surface area contributed by atoms with Crippen LogP contribution in [0.5, 0.6) is 0 Å². The summed E-state index contributed by atoms with van der Waals surface area (Å²) in [5.41, 5.74) is 5.18. The van der Waals surface area contributed by atoms with E-state index in [1.807, 2.05) is 0 Å². The average molecular weight is 248 g/mol. The number of amides is 1. The van der Waals surface area contributed by atoms with E-state index < -0.39 is 11.9 Å². The number of carbonyl (C=O) groups excluding carboxylic acids is 1. The van der Waals surface area contributed by atoms with Gasteiger partial charge in [0.25, 0.3) is 0 Å². The summed E-state index contributed by atoms with van der Waals surface area (Å²) >= 11 is 0. The van der Waals surface area contributed by atoms with Gasteiger partial charge in [0.15, 0.2) is 0 Å². The van der Waals surface area contributed by atoms with Crippen LogP contribution in [0.2, 0.25) is 0 Å². The monoisotopic (exact) mass is 248 g/mol. The molecule has 1 saturated heterocycles. The topological polar surface area (TPSA) is 141 Å². The summed E-state index contributed by atoms with van der Waals surface area (Å²) in [4.78, 5) is 30.9. The number of nitrogens with zero attached hydrogens (tertiary/aromatic N) is 1. The van der Waals surface area contributed by atoms with E-state index in [1.165, 1.54) is 0 Å². The van der Waals surface area contributed by atoms with Crippen LogP contribution in [0.15, 0.2) is 0 Å². The molecule has 1 fully saturated rings. The van der Waals surface area contributed by atoms with Gasteiger partial charge in [0.05, 0.1) is 12.6 Å². The van der Waals surface area contributed by atoms with E-state index in [0.29, 0.717) is 25.9 Å². The van der Waals surface area contributed by atoms with Crippen LogP contribution in [-0.4, -0.2) is 63.8 Å². The molecule has 1 rings (SSSR count). The number of carboxylic acid groups (broad SMARTS) is 2. The molecule has 98 valence electrons. The van der Waals surface area contributed by atoms with E-state index in [2.05, 4.69) is 0 Å². The van der Waals surface area contributed by atoms with E-state index in [9.17, 15) is 4.79 Å². The van der Waals surface area contributed by atoms with Crippen molar-refractivity contribution in [3.05, 3.63) is 0 Å². The van der Waals surface area contributed by atoms with E-state index in [-0.39, 0.29) is 18.6 Å². The van der Waals surface area contributed by atoms with Crippen molar-refractivity contribution in [3.8, 4) is 0 Å². The maximum absolute atomic E-state index is 11.0. The summed E-state index contributed by atoms with van der Waals surface area (Å²) < 4.78 is 0. The standard InChI is InChI=1S/C7H14N2O2.C2H2O4/c8-5-7(11)9-3-1-6(10)2-4-9;3-1(4)2(5)6/h6,10H,1-5,8H2;(H,3,4)(H,5,6). The lowest BCUT2D eigenvalue weighted by Crippen LogP contribution is -2.42. The third-order valence-corrected chi connectivity index (χ3v) is 2.17. The highest BCUT2D eigenvalue weighted by atomic mass is 16.4. The van der Waals surface area contributed by atoms with Crippen molar-refractivity contribution in [3.63, 3.8) is 0 Å². The van der Waals surface area contributed by atoms with Crippen molar-refractivity contribution < 1.29 is 29.7 Å². The number of hydrogen-bond donors (Lipinski definition) is 4. The molecule has 0 aromatic rings. The number of rotatable bonds is 1. The highest BCUT2D eigenvalue weighted by Gasteiger charge is 2.19. The van der Waals surface area contributed by atoms with E-state index in [1.54, 1.807) is 4.90 Å². The number of aliphatic hydroxyl groups excluding tert-OH is 1. The van der Waals surface area contributed by atoms with Crippen LogP contribution in [0.1, 0.15) is 12.8 Å². The van der Waals surface area contributed by atoms with Crippen LogP contribution in [0.25, 0.3) is 0 Å². The van der Waals surface area contributed by atoms with Crippen LogP contribution in [0.3, 0.4) is 0 Å². The Morgan fingerprint density at radius 3 is 1.82 bits per heavy atom. The summed E-state index contributed by atoms with van der Waals surface area (Å²) in [6.45, 7) is 1.38. The molecule has 0 unspecified atom stereocenters. The molecule has 0 spiro atoms. The number of aliphatic carboxylic acids is 2. The van der Waals surface area contributed by atoms with Crippen LogP contribution < -0.4 is 5.73 Å². The largest absolute Gasteiger partial charge is 0.473 e. The Labute approximate surface area is 97.6 Å². The zero-order valence-electron chi connectivity index (χ0n) is 9.20. The average Bonchev–Trinajstić information content (AvgIpc) is 2.29. The zero-order chi connectivity index (χ0) is 13.4. The Balaban J connectivity index is 0.000000366. The molecule has 0 aromatic heterocycles. The van der Waals surface area contributed by atoms with E-state index >= 15 is 0 Å². The Bertz CT molecular complexity index is 273. The highest BCUT2D eigenvalue weighted by molar-refractivity contribution is 6.27. The number of aliphatic hydroxyl groups is 1. The number of likely N-dealkylation sites (tertiary alicyclic amines) is 1. The molecule has 8 nitrogen and oxygen atoms in total. The molecule has 0 radical (unpaired) electrons. The molecule has 8 heteroatoms. The molecule has 0 aliphatic carbocycles. The lowest BCUT2D eigenvalue weighted by Gasteiger charge is -2.29. The van der Waals surface area contributed by atoms with Gasteiger partial charge in [-0.05, 0) is 12.8 Å². The third-order valence-electron chi connectivity index (χ3n) is 2.17. The lowest BCUT2D eigenvalue weighted by molar-refractivity contribution is -0.159. The summed E-state index contributed by atoms with van der Waals surface area (Å²) in [6, 6.07) is 0. The van der Waals surface area contributed by atoms with Gasteiger partial charge < -0.3 is 26.0 Å². The van der Waals surface area contributed by atoms with Crippen molar-refractivity contribution in [2.75, 3.05) is 19.6 Å². The molecule has 1 heterocycles. The minimum absolute atomic E-state index is 0.0168. The van der Waals surface area contributed by atoms with Gasteiger partial charge in [-0.1, -0.05) is 0 Å². The van der Waals surface area contributed by atoms with Gasteiger partial charge in [0.1, 0.15) is 0 Å². The van der Waals surface area contributed by atoms with Gasteiger partial charge in [-0.2, -0.15) is 0 Å². The van der Waals surface area contributed by atoms with Crippen molar-refractivity contribution in [2.24, 2.45) is 5.73 Å². The fraction of sp³-hybridized carbons (Fsp3) is 0.667. The van der Waals surface area contributed by atoms with Crippen molar-refractivity contribution in [1.29, 1.82) is 0 Å². The van der Waals surface area contributed by atoms with Gasteiger partial charge in [-0.15, -0.1) is 0 Å². The van der Waals surface area contributed by atoms with Crippen molar-refractivity contribution >= 4 is 17.8 Å². The first-order valence-corrected chi connectivity index (χ1v) is 5.00. The lowest BCUT2D eigenvalue weighted by atomic mass is 10.1. The van der Waals surface area contributed by atoms with E-state index in [0.717, 1.165) is 0 Å².